The number of pyridine rings is 1. The number of nitrogens with one attached hydrogen (secondary N) is 2. The fourth-order valence-electron chi connectivity index (χ4n) is 3.60. The maximum Gasteiger partial charge on any atom is 0.241 e. The van der Waals surface area contributed by atoms with E-state index in [0.717, 1.165) is 41.5 Å². The highest BCUT2D eigenvalue weighted by atomic mass is 79.9. The topological polar surface area (TPSA) is 54.0 Å². The normalized spacial score (nSPS) is 26.0. The molecule has 4 rings (SSSR count). The number of carbonyl (C=O) groups is 1. The fourth-order valence-corrected chi connectivity index (χ4v) is 4.01. The molecule has 1 aliphatic carbocycles. The third-order valence-electron chi connectivity index (χ3n) is 5.03. The van der Waals surface area contributed by atoms with Crippen LogP contribution in [0.2, 0.25) is 0 Å². The quantitative estimate of drug-likeness (QED) is 0.847. The van der Waals surface area contributed by atoms with Gasteiger partial charge in [0.25, 0.3) is 0 Å². The molecule has 2 aliphatic rings. The molecule has 124 valence electrons. The van der Waals surface area contributed by atoms with Gasteiger partial charge in [0, 0.05) is 34.0 Å². The summed E-state index contributed by atoms with van der Waals surface area (Å²) in [4.78, 5) is 16.9. The molecule has 5 heteroatoms. The first-order valence-corrected chi connectivity index (χ1v) is 9.24. The van der Waals surface area contributed by atoms with Crippen LogP contribution in [-0.2, 0) is 11.2 Å². The second kappa shape index (κ2) is 6.65. The summed E-state index contributed by atoms with van der Waals surface area (Å²) in [5.41, 5.74) is 3.30. The van der Waals surface area contributed by atoms with Gasteiger partial charge in [-0.3, -0.25) is 9.78 Å². The van der Waals surface area contributed by atoms with Crippen LogP contribution in [0.15, 0.2) is 47.1 Å². The van der Waals surface area contributed by atoms with Crippen molar-refractivity contribution < 1.29 is 4.79 Å². The van der Waals surface area contributed by atoms with E-state index >= 15 is 0 Å². The molecule has 24 heavy (non-hydrogen) atoms. The molecule has 1 atom stereocenters. The Morgan fingerprint density at radius 2 is 2.08 bits per heavy atom. The number of carbonyl (C=O) groups excluding carboxylic acids is 1. The molecule has 0 bridgehead atoms. The standard InChI is InChI=1S/C19H20BrN3O/c20-14-5-7-17-12(9-14)4-6-18(19(24)23-17)22-15-10-13(11-15)16-3-1-2-8-21-16/h1-3,5,7-9,13,15,18,22H,4,6,10-11H2,(H,23,24). The molecule has 1 saturated carbocycles. The van der Waals surface area contributed by atoms with Crippen molar-refractivity contribution in [1.82, 2.24) is 10.3 Å². The molecule has 2 aromatic rings. The van der Waals surface area contributed by atoms with Crippen LogP contribution in [-0.4, -0.2) is 23.0 Å². The zero-order valence-corrected chi connectivity index (χ0v) is 14.9. The van der Waals surface area contributed by atoms with E-state index in [-0.39, 0.29) is 11.9 Å². The summed E-state index contributed by atoms with van der Waals surface area (Å²) in [6.07, 6.45) is 5.70. The number of amides is 1. The SMILES string of the molecule is O=C1Nc2ccc(Br)cc2CCC1NC1CC(c2ccccn2)C1. The molecule has 1 aromatic heterocycles. The smallest absolute Gasteiger partial charge is 0.241 e. The number of aryl methyl sites for hydroxylation is 1. The average molecular weight is 386 g/mol. The number of aromatic nitrogens is 1. The van der Waals surface area contributed by atoms with Crippen LogP contribution in [0.25, 0.3) is 0 Å². The van der Waals surface area contributed by atoms with E-state index < -0.39 is 0 Å². The minimum atomic E-state index is -0.120. The largest absolute Gasteiger partial charge is 0.324 e. The lowest BCUT2D eigenvalue weighted by molar-refractivity contribution is -0.118. The number of anilines is 1. The van der Waals surface area contributed by atoms with Crippen molar-refractivity contribution in [3.05, 3.63) is 58.3 Å². The van der Waals surface area contributed by atoms with Gasteiger partial charge in [-0.2, -0.15) is 0 Å². The third kappa shape index (κ3) is 3.23. The lowest BCUT2D eigenvalue weighted by atomic mass is 9.77. The second-order valence-corrected chi connectivity index (χ2v) is 7.58. The van der Waals surface area contributed by atoms with Crippen LogP contribution in [0.4, 0.5) is 5.69 Å². The summed E-state index contributed by atoms with van der Waals surface area (Å²) in [7, 11) is 0. The van der Waals surface area contributed by atoms with Crippen LogP contribution in [0, 0.1) is 0 Å². The van der Waals surface area contributed by atoms with Crippen molar-refractivity contribution >= 4 is 27.5 Å². The lowest BCUT2D eigenvalue weighted by Crippen LogP contribution is -2.50. The molecule has 2 heterocycles. The third-order valence-corrected chi connectivity index (χ3v) is 5.52. The van der Waals surface area contributed by atoms with E-state index in [1.54, 1.807) is 0 Å². The summed E-state index contributed by atoms with van der Waals surface area (Å²) in [6.45, 7) is 0. The minimum Gasteiger partial charge on any atom is -0.324 e. The number of hydrogen-bond donors (Lipinski definition) is 2. The Kier molecular flexibility index (Phi) is 4.37. The van der Waals surface area contributed by atoms with Gasteiger partial charge in [-0.1, -0.05) is 22.0 Å². The molecule has 4 nitrogen and oxygen atoms in total. The van der Waals surface area contributed by atoms with Gasteiger partial charge in [0.2, 0.25) is 5.91 Å². The van der Waals surface area contributed by atoms with E-state index in [9.17, 15) is 4.79 Å². The molecule has 0 radical (unpaired) electrons. The van der Waals surface area contributed by atoms with Crippen LogP contribution in [0.5, 0.6) is 0 Å². The Morgan fingerprint density at radius 3 is 2.88 bits per heavy atom. The van der Waals surface area contributed by atoms with Gasteiger partial charge in [0.05, 0.1) is 6.04 Å². The van der Waals surface area contributed by atoms with E-state index in [1.165, 1.54) is 5.56 Å². The van der Waals surface area contributed by atoms with Crippen molar-refractivity contribution in [2.75, 3.05) is 5.32 Å². The van der Waals surface area contributed by atoms with E-state index in [0.29, 0.717) is 12.0 Å². The summed E-state index contributed by atoms with van der Waals surface area (Å²) < 4.78 is 1.05. The predicted molar refractivity (Wildman–Crippen MR) is 98.0 cm³/mol. The molecule has 1 aromatic carbocycles. The van der Waals surface area contributed by atoms with Crippen LogP contribution in [0.1, 0.15) is 36.4 Å². The van der Waals surface area contributed by atoms with E-state index in [2.05, 4.69) is 43.7 Å². The predicted octanol–water partition coefficient (Wildman–Crippen LogP) is 3.63. The Balaban J connectivity index is 1.36. The zero-order chi connectivity index (χ0) is 16.5. The Morgan fingerprint density at radius 1 is 1.21 bits per heavy atom. The number of halogens is 1. The van der Waals surface area contributed by atoms with Crippen LogP contribution >= 0.6 is 15.9 Å². The minimum absolute atomic E-state index is 0.0809. The number of benzene rings is 1. The molecule has 0 spiro atoms. The van der Waals surface area contributed by atoms with Gasteiger partial charge in [-0.15, -0.1) is 0 Å². The fraction of sp³-hybridized carbons (Fsp3) is 0.368. The first-order chi connectivity index (χ1) is 11.7. The van der Waals surface area contributed by atoms with Gasteiger partial charge < -0.3 is 10.6 Å². The summed E-state index contributed by atoms with van der Waals surface area (Å²) in [5, 5.41) is 6.60. The van der Waals surface area contributed by atoms with Gasteiger partial charge in [-0.05, 0) is 61.6 Å². The average Bonchev–Trinajstić information content (AvgIpc) is 2.70. The lowest BCUT2D eigenvalue weighted by Gasteiger charge is -2.37. The van der Waals surface area contributed by atoms with Crippen molar-refractivity contribution in [2.45, 2.75) is 43.7 Å². The van der Waals surface area contributed by atoms with Crippen molar-refractivity contribution in [1.29, 1.82) is 0 Å². The number of rotatable bonds is 3. The van der Waals surface area contributed by atoms with Crippen molar-refractivity contribution in [3.8, 4) is 0 Å². The van der Waals surface area contributed by atoms with Crippen molar-refractivity contribution in [2.24, 2.45) is 0 Å². The highest BCUT2D eigenvalue weighted by Crippen LogP contribution is 2.36. The molecule has 0 saturated heterocycles. The number of fused-ring (bicyclic) bond motifs is 1. The molecule has 1 amide bonds. The van der Waals surface area contributed by atoms with E-state index in [4.69, 9.17) is 0 Å². The number of hydrogen-bond acceptors (Lipinski definition) is 3. The molecular weight excluding hydrogens is 366 g/mol. The molecule has 2 N–H and O–H groups in total. The van der Waals surface area contributed by atoms with Gasteiger partial charge in [0.15, 0.2) is 0 Å². The van der Waals surface area contributed by atoms with Gasteiger partial charge >= 0.3 is 0 Å². The Bertz CT molecular complexity index is 744. The number of nitrogens with zero attached hydrogens (tertiary/aromatic N) is 1. The molecular formula is C19H20BrN3O. The molecule has 1 aliphatic heterocycles. The first-order valence-electron chi connectivity index (χ1n) is 8.45. The zero-order valence-electron chi connectivity index (χ0n) is 13.3. The second-order valence-electron chi connectivity index (χ2n) is 6.67. The first kappa shape index (κ1) is 15.8. The molecule has 1 fully saturated rings. The monoisotopic (exact) mass is 385 g/mol. The highest BCUT2D eigenvalue weighted by molar-refractivity contribution is 9.10. The Hall–Kier alpha value is -1.72. The summed E-state index contributed by atoms with van der Waals surface area (Å²) >= 11 is 3.50. The van der Waals surface area contributed by atoms with Crippen molar-refractivity contribution in [3.63, 3.8) is 0 Å². The maximum atomic E-state index is 12.5. The van der Waals surface area contributed by atoms with E-state index in [1.807, 2.05) is 30.5 Å². The van der Waals surface area contributed by atoms with Crippen LogP contribution in [0.3, 0.4) is 0 Å². The maximum absolute atomic E-state index is 12.5. The Labute approximate surface area is 150 Å². The highest BCUT2D eigenvalue weighted by Gasteiger charge is 2.34. The summed E-state index contributed by atoms with van der Waals surface area (Å²) in [6, 6.07) is 12.4. The van der Waals surface area contributed by atoms with Gasteiger partial charge in [0.1, 0.15) is 0 Å². The van der Waals surface area contributed by atoms with Crippen LogP contribution < -0.4 is 10.6 Å². The molecule has 1 unspecified atom stereocenters. The van der Waals surface area contributed by atoms with Gasteiger partial charge in [-0.25, -0.2) is 0 Å². The summed E-state index contributed by atoms with van der Waals surface area (Å²) in [5.74, 6) is 0.600.